The summed E-state index contributed by atoms with van der Waals surface area (Å²) in [4.78, 5) is 31.6. The highest BCUT2D eigenvalue weighted by molar-refractivity contribution is 7.86. The van der Waals surface area contributed by atoms with Gasteiger partial charge in [-0.05, 0) is 122 Å². The molecule has 24 nitrogen and oxygen atoms in total. The van der Waals surface area contributed by atoms with Crippen LogP contribution in [0.25, 0.3) is 0 Å². The molecule has 0 spiro atoms. The van der Waals surface area contributed by atoms with Crippen molar-refractivity contribution in [2.75, 3.05) is 33.0 Å². The minimum atomic E-state index is -4.02. The summed E-state index contributed by atoms with van der Waals surface area (Å²) in [5.74, 6) is -1.15. The maximum absolute atomic E-state index is 12.2. The first kappa shape index (κ1) is 71.2. The number of benzene rings is 4. The van der Waals surface area contributed by atoms with Crippen LogP contribution in [0.2, 0.25) is 0 Å². The zero-order chi connectivity index (χ0) is 59.2. The highest BCUT2D eigenvalue weighted by atomic mass is 32.2. The number of amidine groups is 2. The second-order valence-electron chi connectivity index (χ2n) is 16.7. The Bertz CT molecular complexity index is 2620. The summed E-state index contributed by atoms with van der Waals surface area (Å²) in [7, 11) is -16.1. The SMILES string of the molecule is CC(N)=NCCCCC(N)C(=O)OC(CO)C(O)COC(=O)C(N)CCCCN=C(N)CF.Cc1ccc(S(=O)(=O)O)cc1.Cc1ccc(S(=O)(=O)O)cc1.Cc1ccc(S(=O)(=O)O)cc1.Cc1ccc(S(=O)(=O)O)cc1. The molecule has 0 aliphatic rings. The van der Waals surface area contributed by atoms with E-state index in [0.717, 1.165) is 22.3 Å². The molecule has 0 aromatic heterocycles. The van der Waals surface area contributed by atoms with Crippen LogP contribution >= 0.6 is 0 Å². The fourth-order valence-electron chi connectivity index (χ4n) is 5.41. The average molecular weight is 1170 g/mol. The van der Waals surface area contributed by atoms with Crippen molar-refractivity contribution in [2.24, 2.45) is 32.9 Å². The summed E-state index contributed by atoms with van der Waals surface area (Å²) < 4.78 is 140. The van der Waals surface area contributed by atoms with Gasteiger partial charge in [-0.1, -0.05) is 70.8 Å². The molecule has 0 radical (unpaired) electrons. The monoisotopic (exact) mass is 1170 g/mol. The molecule has 4 unspecified atom stereocenters. The number of carbonyl (C=O) groups excluding carboxylic acids is 2. The molecule has 0 saturated heterocycles. The van der Waals surface area contributed by atoms with Crippen molar-refractivity contribution in [3.8, 4) is 0 Å². The van der Waals surface area contributed by atoms with Crippen LogP contribution in [0.3, 0.4) is 0 Å². The Morgan fingerprint density at radius 1 is 0.545 bits per heavy atom. The molecule has 0 bridgehead atoms. The number of aliphatic imine (C=N–C) groups is 2. The van der Waals surface area contributed by atoms with Crippen molar-refractivity contribution in [1.29, 1.82) is 0 Å². The molecule has 432 valence electrons. The molecule has 77 heavy (non-hydrogen) atoms. The Balaban J connectivity index is 0.00000106. The van der Waals surface area contributed by atoms with Gasteiger partial charge < -0.3 is 42.6 Å². The molecule has 0 fully saturated rings. The molecule has 0 amide bonds. The lowest BCUT2D eigenvalue weighted by Crippen LogP contribution is -2.43. The summed E-state index contributed by atoms with van der Waals surface area (Å²) in [6.45, 7) is 7.88. The standard InChI is InChI=1S/C20H39FN6O6.4C7H8O3S/c1-13(22)26-8-4-2-7-15(24)20(31)33-17(11-28)16(29)12-32-19(30)14(23)6-3-5-9-27-18(25)10-21;4*1-6-2-4-7(5-3-6)11(8,9)10/h14-17,28-29H,2-12,23-24H2,1H3,(H2,22,26)(H2,25,27);4*2-5H,1H3,(H,8,9,10). The van der Waals surface area contributed by atoms with Crippen molar-refractivity contribution in [3.63, 3.8) is 0 Å². The Kier molecular flexibility index (Phi) is 32.9. The first-order chi connectivity index (χ1) is 35.6. The number of ether oxygens (including phenoxy) is 2. The number of aryl methyl sites for hydroxylation is 4. The number of alkyl halides is 1. The Morgan fingerprint density at radius 3 is 1.12 bits per heavy atom. The third-order valence-corrected chi connectivity index (χ3v) is 13.3. The summed E-state index contributed by atoms with van der Waals surface area (Å²) in [6.07, 6.45) is 0.270. The van der Waals surface area contributed by atoms with Crippen molar-refractivity contribution in [1.82, 2.24) is 0 Å². The van der Waals surface area contributed by atoms with Crippen LogP contribution in [-0.4, -0.2) is 143 Å². The molecular weight excluding hydrogens is 1100 g/mol. The first-order valence-electron chi connectivity index (χ1n) is 23.1. The molecule has 0 saturated carbocycles. The van der Waals surface area contributed by atoms with E-state index < -0.39 is 96.6 Å². The first-order valence-corrected chi connectivity index (χ1v) is 28.8. The van der Waals surface area contributed by atoms with Gasteiger partial charge in [0.15, 0.2) is 6.10 Å². The normalized spacial score (nSPS) is 13.4. The van der Waals surface area contributed by atoms with Crippen LogP contribution in [0.4, 0.5) is 4.39 Å². The third kappa shape index (κ3) is 33.2. The van der Waals surface area contributed by atoms with Crippen LogP contribution in [0.1, 0.15) is 67.7 Å². The van der Waals surface area contributed by atoms with Gasteiger partial charge in [0.2, 0.25) is 0 Å². The minimum absolute atomic E-state index is 0.0666. The molecule has 0 aliphatic carbocycles. The number of nitrogens with two attached hydrogens (primary N) is 4. The van der Waals surface area contributed by atoms with E-state index in [1.165, 1.54) is 48.5 Å². The van der Waals surface area contributed by atoms with Gasteiger partial charge in [0.25, 0.3) is 40.5 Å². The number of hydrogen-bond donors (Lipinski definition) is 10. The van der Waals surface area contributed by atoms with Crippen LogP contribution in [0.15, 0.2) is 127 Å². The molecule has 29 heteroatoms. The number of aliphatic hydroxyl groups is 2. The summed E-state index contributed by atoms with van der Waals surface area (Å²) in [6, 6.07) is 22.1. The number of hydrogen-bond acceptors (Lipinski definition) is 18. The largest absolute Gasteiger partial charge is 0.462 e. The highest BCUT2D eigenvalue weighted by Crippen LogP contribution is 2.13. The van der Waals surface area contributed by atoms with Gasteiger partial charge in [0, 0.05) is 13.1 Å². The maximum atomic E-state index is 12.2. The predicted octanol–water partition coefficient (Wildman–Crippen LogP) is 3.46. The lowest BCUT2D eigenvalue weighted by Gasteiger charge is -2.23. The van der Waals surface area contributed by atoms with Crippen molar-refractivity contribution >= 4 is 64.1 Å². The maximum Gasteiger partial charge on any atom is 0.323 e. The quantitative estimate of drug-likeness (QED) is 0.0177. The number of aliphatic hydroxyl groups excluding tert-OH is 2. The summed E-state index contributed by atoms with van der Waals surface area (Å²) in [5, 5.41) is 19.5. The van der Waals surface area contributed by atoms with E-state index in [1.807, 2.05) is 27.7 Å². The fourth-order valence-corrected chi connectivity index (χ4v) is 7.33. The zero-order valence-electron chi connectivity index (χ0n) is 43.1. The summed E-state index contributed by atoms with van der Waals surface area (Å²) >= 11 is 0. The molecule has 0 aliphatic heterocycles. The Labute approximate surface area is 449 Å². The molecule has 4 aromatic rings. The fraction of sp³-hybridized carbons (Fsp3) is 0.417. The number of unbranched alkanes of at least 4 members (excludes halogenated alkanes) is 2. The van der Waals surface area contributed by atoms with Gasteiger partial charge in [0.1, 0.15) is 37.3 Å². The predicted molar refractivity (Wildman–Crippen MR) is 286 cm³/mol. The van der Waals surface area contributed by atoms with Crippen molar-refractivity contribution < 1.29 is 85.5 Å². The molecule has 4 aromatic carbocycles. The zero-order valence-corrected chi connectivity index (χ0v) is 46.4. The molecule has 14 N–H and O–H groups in total. The van der Waals surface area contributed by atoms with E-state index in [4.69, 9.17) is 50.6 Å². The minimum Gasteiger partial charge on any atom is -0.462 e. The van der Waals surface area contributed by atoms with E-state index in [9.17, 15) is 57.9 Å². The van der Waals surface area contributed by atoms with Gasteiger partial charge in [0.05, 0.1) is 32.0 Å². The number of esters is 2. The highest BCUT2D eigenvalue weighted by Gasteiger charge is 2.27. The van der Waals surface area contributed by atoms with E-state index in [0.29, 0.717) is 57.5 Å². The van der Waals surface area contributed by atoms with E-state index in [1.54, 1.807) is 55.5 Å². The van der Waals surface area contributed by atoms with Crippen LogP contribution in [0.5, 0.6) is 0 Å². The van der Waals surface area contributed by atoms with Crippen LogP contribution in [0, 0.1) is 27.7 Å². The number of carbonyl (C=O) groups is 2. The van der Waals surface area contributed by atoms with Crippen LogP contribution in [-0.2, 0) is 59.5 Å². The van der Waals surface area contributed by atoms with Gasteiger partial charge in [-0.25, -0.2) is 4.39 Å². The second kappa shape index (κ2) is 35.6. The lowest BCUT2D eigenvalue weighted by molar-refractivity contribution is -0.166. The Morgan fingerprint density at radius 2 is 0.844 bits per heavy atom. The van der Waals surface area contributed by atoms with E-state index in [2.05, 4.69) is 9.98 Å². The molecule has 0 heterocycles. The van der Waals surface area contributed by atoms with Crippen molar-refractivity contribution in [3.05, 3.63) is 119 Å². The lowest BCUT2D eigenvalue weighted by atomic mass is 10.1. The Hall–Kier alpha value is -5.83. The van der Waals surface area contributed by atoms with Gasteiger partial charge in [-0.15, -0.1) is 0 Å². The van der Waals surface area contributed by atoms with Crippen LogP contribution < -0.4 is 22.9 Å². The average Bonchev–Trinajstić information content (AvgIpc) is 3.34. The van der Waals surface area contributed by atoms with Gasteiger partial charge >= 0.3 is 11.9 Å². The summed E-state index contributed by atoms with van der Waals surface area (Å²) in [5.41, 5.74) is 26.0. The van der Waals surface area contributed by atoms with Gasteiger partial charge in [-0.3, -0.25) is 37.8 Å². The smallest absolute Gasteiger partial charge is 0.323 e. The number of nitrogens with zero attached hydrogens (tertiary/aromatic N) is 2. The number of halogens is 1. The van der Waals surface area contributed by atoms with Crippen molar-refractivity contribution in [2.45, 2.75) is 117 Å². The number of rotatable bonds is 22. The molecular formula is C48H71FN6O18S4. The third-order valence-electron chi connectivity index (χ3n) is 9.81. The molecule has 4 rings (SSSR count). The topological polar surface area (TPSA) is 439 Å². The second-order valence-corrected chi connectivity index (χ2v) is 22.4. The van der Waals surface area contributed by atoms with E-state index in [-0.39, 0.29) is 25.4 Å². The van der Waals surface area contributed by atoms with E-state index >= 15 is 0 Å². The molecule has 4 atom stereocenters. The van der Waals surface area contributed by atoms with Gasteiger partial charge in [-0.2, -0.15) is 33.7 Å².